The van der Waals surface area contributed by atoms with Crippen molar-refractivity contribution >= 4 is 17.4 Å². The Morgan fingerprint density at radius 1 is 1.19 bits per heavy atom. The predicted octanol–water partition coefficient (Wildman–Crippen LogP) is 2.51. The normalized spacial score (nSPS) is 12.7. The van der Waals surface area contributed by atoms with Gasteiger partial charge in [0.15, 0.2) is 5.69 Å². The molecule has 3 N–H and O–H groups in total. The number of ether oxygens (including phenoxy) is 1. The first-order chi connectivity index (χ1) is 14.9. The Kier molecular flexibility index (Phi) is 8.25. The van der Waals surface area contributed by atoms with Crippen molar-refractivity contribution in [3.63, 3.8) is 0 Å². The second-order valence-electron chi connectivity index (χ2n) is 7.81. The van der Waals surface area contributed by atoms with E-state index in [-0.39, 0.29) is 30.5 Å². The second kappa shape index (κ2) is 10.5. The Balaban J connectivity index is 2.48. The monoisotopic (exact) mass is 456 g/mol. The maximum atomic E-state index is 13.0. The van der Waals surface area contributed by atoms with E-state index in [0.29, 0.717) is 6.42 Å². The number of carbonyl (C=O) groups excluding carboxylic acids is 1. The third-order valence-electron chi connectivity index (χ3n) is 4.71. The summed E-state index contributed by atoms with van der Waals surface area (Å²) in [5.41, 5.74) is 4.90. The van der Waals surface area contributed by atoms with Crippen LogP contribution >= 0.6 is 0 Å². The summed E-state index contributed by atoms with van der Waals surface area (Å²) in [6.07, 6.45) is -5.66. The van der Waals surface area contributed by atoms with Gasteiger partial charge in [0.05, 0.1) is 6.54 Å². The van der Waals surface area contributed by atoms with Crippen molar-refractivity contribution in [1.82, 2.24) is 9.55 Å². The summed E-state index contributed by atoms with van der Waals surface area (Å²) in [4.78, 5) is 41.1. The van der Waals surface area contributed by atoms with Gasteiger partial charge >= 0.3 is 11.9 Å². The van der Waals surface area contributed by atoms with Crippen molar-refractivity contribution < 1.29 is 22.7 Å². The van der Waals surface area contributed by atoms with E-state index in [0.717, 1.165) is 15.0 Å². The van der Waals surface area contributed by atoms with Gasteiger partial charge in [-0.3, -0.25) is 19.1 Å². The van der Waals surface area contributed by atoms with Crippen molar-refractivity contribution in [2.24, 2.45) is 5.92 Å². The number of amides is 1. The number of nitrogens with two attached hydrogens (primary N) is 1. The van der Waals surface area contributed by atoms with Crippen molar-refractivity contribution in [3.05, 3.63) is 56.7 Å². The number of aromatic nitrogens is 2. The lowest BCUT2D eigenvalue weighted by Crippen LogP contribution is -2.46. The second-order valence-corrected chi connectivity index (χ2v) is 7.81. The third kappa shape index (κ3) is 6.71. The minimum atomic E-state index is -4.61. The first-order valence-electron chi connectivity index (χ1n) is 10.1. The van der Waals surface area contributed by atoms with Gasteiger partial charge in [-0.25, -0.2) is 4.79 Å². The van der Waals surface area contributed by atoms with Gasteiger partial charge in [0, 0.05) is 6.54 Å². The predicted molar refractivity (Wildman–Crippen MR) is 115 cm³/mol. The quantitative estimate of drug-likeness (QED) is 0.603. The number of nitrogens with one attached hydrogen (secondary N) is 1. The van der Waals surface area contributed by atoms with Crippen molar-refractivity contribution in [3.8, 4) is 0 Å². The minimum absolute atomic E-state index is 0.00698. The molecule has 1 amide bonds. The molecule has 8 nitrogen and oxygen atoms in total. The zero-order chi connectivity index (χ0) is 24.1. The third-order valence-corrected chi connectivity index (χ3v) is 4.71. The highest BCUT2D eigenvalue weighted by Crippen LogP contribution is 2.22. The SMILES string of the molecule is CC(C)CCN(C(=O)C(C)OCC(F)(F)F)c1c(N)n(Cc2ccccc2)c(=O)[nH]c1=O. The van der Waals surface area contributed by atoms with Crippen molar-refractivity contribution in [2.75, 3.05) is 23.8 Å². The fourth-order valence-corrected chi connectivity index (χ4v) is 2.99. The maximum absolute atomic E-state index is 13.0. The molecule has 0 bridgehead atoms. The lowest BCUT2D eigenvalue weighted by molar-refractivity contribution is -0.185. The lowest BCUT2D eigenvalue weighted by Gasteiger charge is -2.28. The van der Waals surface area contributed by atoms with Gasteiger partial charge in [-0.05, 0) is 24.8 Å². The van der Waals surface area contributed by atoms with E-state index < -0.39 is 36.0 Å². The number of alkyl halides is 3. The molecule has 1 aromatic heterocycles. The lowest BCUT2D eigenvalue weighted by atomic mass is 10.1. The largest absolute Gasteiger partial charge is 0.411 e. The van der Waals surface area contributed by atoms with E-state index in [1.54, 1.807) is 30.3 Å². The van der Waals surface area contributed by atoms with Crippen LogP contribution in [0.3, 0.4) is 0 Å². The molecule has 1 unspecified atom stereocenters. The van der Waals surface area contributed by atoms with Gasteiger partial charge in [-0.15, -0.1) is 0 Å². The molecule has 1 aromatic carbocycles. The molecule has 1 heterocycles. The Bertz CT molecular complexity index is 1030. The number of benzene rings is 1. The molecular formula is C21H27F3N4O4. The van der Waals surface area contributed by atoms with E-state index in [4.69, 9.17) is 5.73 Å². The van der Waals surface area contributed by atoms with Crippen molar-refractivity contribution in [2.45, 2.75) is 46.0 Å². The molecule has 32 heavy (non-hydrogen) atoms. The summed E-state index contributed by atoms with van der Waals surface area (Å²) in [6.45, 7) is 3.36. The van der Waals surface area contributed by atoms with Crippen LogP contribution in [-0.2, 0) is 16.1 Å². The number of hydrogen-bond donors (Lipinski definition) is 2. The van der Waals surface area contributed by atoms with Gasteiger partial charge in [0.1, 0.15) is 18.5 Å². The highest BCUT2D eigenvalue weighted by atomic mass is 19.4. The van der Waals surface area contributed by atoms with Crippen LogP contribution in [0.2, 0.25) is 0 Å². The standard InChI is InChI=1S/C21H27F3N4O4/c1-13(2)9-10-27(19(30)14(3)32-12-21(22,23)24)16-17(25)28(20(31)26-18(16)29)11-15-7-5-4-6-8-15/h4-8,13-14H,9-12,25H2,1-3H3,(H,26,29,31). The Hall–Kier alpha value is -3.08. The molecule has 176 valence electrons. The molecule has 2 aromatic rings. The van der Waals surface area contributed by atoms with E-state index in [9.17, 15) is 27.6 Å². The number of carbonyl (C=O) groups is 1. The number of aromatic amines is 1. The van der Waals surface area contributed by atoms with Gasteiger partial charge in [-0.2, -0.15) is 13.2 Å². The zero-order valence-corrected chi connectivity index (χ0v) is 18.1. The van der Waals surface area contributed by atoms with Crippen LogP contribution in [0.15, 0.2) is 39.9 Å². The van der Waals surface area contributed by atoms with Gasteiger partial charge in [-0.1, -0.05) is 44.2 Å². The number of nitrogens with zero attached hydrogens (tertiary/aromatic N) is 2. The highest BCUT2D eigenvalue weighted by molar-refractivity contribution is 5.98. The van der Waals surface area contributed by atoms with Crippen LogP contribution in [-0.4, -0.2) is 40.9 Å². The van der Waals surface area contributed by atoms with Gasteiger partial charge in [0.25, 0.3) is 11.5 Å². The molecule has 0 spiro atoms. The fraction of sp³-hybridized carbons (Fsp3) is 0.476. The molecule has 2 rings (SSSR count). The smallest absolute Gasteiger partial charge is 0.383 e. The topological polar surface area (TPSA) is 110 Å². The summed E-state index contributed by atoms with van der Waals surface area (Å²) in [5.74, 6) is -1.01. The van der Waals surface area contributed by atoms with E-state index in [1.165, 1.54) is 6.92 Å². The number of halogens is 3. The van der Waals surface area contributed by atoms with E-state index in [2.05, 4.69) is 9.72 Å². The molecular weight excluding hydrogens is 429 g/mol. The zero-order valence-electron chi connectivity index (χ0n) is 18.1. The van der Waals surface area contributed by atoms with Gasteiger partial charge in [0.2, 0.25) is 0 Å². The summed E-state index contributed by atoms with van der Waals surface area (Å²) in [7, 11) is 0. The summed E-state index contributed by atoms with van der Waals surface area (Å²) in [6, 6.07) is 8.84. The van der Waals surface area contributed by atoms with Crippen LogP contribution in [0.25, 0.3) is 0 Å². The molecule has 0 radical (unpaired) electrons. The molecule has 0 aliphatic heterocycles. The molecule has 1 atom stereocenters. The number of hydrogen-bond acceptors (Lipinski definition) is 5. The molecule has 0 saturated carbocycles. The first kappa shape index (κ1) is 25.2. The van der Waals surface area contributed by atoms with E-state index in [1.807, 2.05) is 13.8 Å². The molecule has 0 aliphatic carbocycles. The molecule has 0 aliphatic rings. The highest BCUT2D eigenvalue weighted by Gasteiger charge is 2.33. The summed E-state index contributed by atoms with van der Waals surface area (Å²) < 4.78 is 43.4. The van der Waals surface area contributed by atoms with Crippen LogP contribution < -0.4 is 21.9 Å². The van der Waals surface area contributed by atoms with Crippen LogP contribution in [0.4, 0.5) is 24.7 Å². The van der Waals surface area contributed by atoms with Gasteiger partial charge < -0.3 is 15.4 Å². The minimum Gasteiger partial charge on any atom is -0.383 e. The number of H-pyrrole nitrogens is 1. The van der Waals surface area contributed by atoms with Crippen LogP contribution in [0.1, 0.15) is 32.8 Å². The fourth-order valence-electron chi connectivity index (χ4n) is 2.99. The maximum Gasteiger partial charge on any atom is 0.411 e. The Morgan fingerprint density at radius 3 is 2.38 bits per heavy atom. The average Bonchev–Trinajstić information content (AvgIpc) is 2.71. The molecule has 0 saturated heterocycles. The molecule has 11 heteroatoms. The summed E-state index contributed by atoms with van der Waals surface area (Å²) in [5, 5.41) is 0. The molecule has 0 fully saturated rings. The van der Waals surface area contributed by atoms with E-state index >= 15 is 0 Å². The summed E-state index contributed by atoms with van der Waals surface area (Å²) >= 11 is 0. The Morgan fingerprint density at radius 2 is 1.81 bits per heavy atom. The first-order valence-corrected chi connectivity index (χ1v) is 10.1. The Labute approximate surface area is 182 Å². The average molecular weight is 456 g/mol. The number of anilines is 2. The van der Waals surface area contributed by atoms with Crippen LogP contribution in [0, 0.1) is 5.92 Å². The number of nitrogen functional groups attached to an aromatic ring is 1. The van der Waals surface area contributed by atoms with Crippen LogP contribution in [0.5, 0.6) is 0 Å². The number of rotatable bonds is 9. The van der Waals surface area contributed by atoms with Crippen molar-refractivity contribution in [1.29, 1.82) is 0 Å².